The maximum atomic E-state index is 6.20. The quantitative estimate of drug-likeness (QED) is 0.805. The molecular formula is C15H15Cl2N3S. The summed E-state index contributed by atoms with van der Waals surface area (Å²) in [6.45, 7) is 2.67. The number of thiocarbonyl (C=S) groups is 1. The molecular weight excluding hydrogens is 325 g/mol. The molecule has 21 heavy (non-hydrogen) atoms. The summed E-state index contributed by atoms with van der Waals surface area (Å²) in [7, 11) is 0. The van der Waals surface area contributed by atoms with Crippen molar-refractivity contribution in [3.8, 4) is 0 Å². The largest absolute Gasteiger partial charge is 0.362 e. The number of nitrogens with zero attached hydrogens (tertiary/aromatic N) is 1. The van der Waals surface area contributed by atoms with E-state index in [1.165, 1.54) is 0 Å². The van der Waals surface area contributed by atoms with Crippen LogP contribution in [-0.4, -0.2) is 16.6 Å². The molecule has 110 valence electrons. The summed E-state index contributed by atoms with van der Waals surface area (Å²) >= 11 is 17.6. The fraction of sp³-hybridized carbons (Fsp3) is 0.200. The van der Waals surface area contributed by atoms with E-state index < -0.39 is 0 Å². The number of nitrogens with one attached hydrogen (secondary N) is 2. The Hall–Kier alpha value is -1.36. The number of halogens is 2. The van der Waals surface area contributed by atoms with Gasteiger partial charge >= 0.3 is 0 Å². The van der Waals surface area contributed by atoms with Crippen molar-refractivity contribution < 1.29 is 0 Å². The molecule has 1 unspecified atom stereocenters. The van der Waals surface area contributed by atoms with Crippen LogP contribution in [0.15, 0.2) is 42.6 Å². The van der Waals surface area contributed by atoms with E-state index in [1.807, 2.05) is 43.3 Å². The summed E-state index contributed by atoms with van der Waals surface area (Å²) in [5.74, 6) is 0.841. The number of aromatic nitrogens is 1. The molecule has 0 saturated heterocycles. The van der Waals surface area contributed by atoms with Crippen molar-refractivity contribution in [1.29, 1.82) is 0 Å². The van der Waals surface area contributed by atoms with E-state index in [2.05, 4.69) is 15.6 Å². The summed E-state index contributed by atoms with van der Waals surface area (Å²) in [6, 6.07) is 11.1. The first-order chi connectivity index (χ1) is 10.1. The molecule has 0 spiro atoms. The number of benzene rings is 1. The van der Waals surface area contributed by atoms with Gasteiger partial charge in [0.05, 0.1) is 0 Å². The van der Waals surface area contributed by atoms with Crippen LogP contribution in [0.3, 0.4) is 0 Å². The second kappa shape index (κ2) is 7.59. The molecule has 0 bridgehead atoms. The summed E-state index contributed by atoms with van der Waals surface area (Å²) in [5, 5.41) is 8.02. The fourth-order valence-corrected chi connectivity index (χ4v) is 2.88. The minimum absolute atomic E-state index is 0.134. The van der Waals surface area contributed by atoms with Crippen LogP contribution >= 0.6 is 35.4 Å². The maximum Gasteiger partial charge on any atom is 0.171 e. The van der Waals surface area contributed by atoms with Gasteiger partial charge in [0.25, 0.3) is 0 Å². The highest BCUT2D eigenvalue weighted by atomic mass is 35.5. The molecule has 0 aliphatic rings. The lowest BCUT2D eigenvalue weighted by Gasteiger charge is -2.17. The van der Waals surface area contributed by atoms with Crippen LogP contribution in [0.1, 0.15) is 18.4 Å². The predicted molar refractivity (Wildman–Crippen MR) is 93.3 cm³/mol. The Labute approximate surface area is 139 Å². The van der Waals surface area contributed by atoms with Gasteiger partial charge < -0.3 is 10.6 Å². The summed E-state index contributed by atoms with van der Waals surface area (Å²) in [6.07, 6.45) is 1.71. The van der Waals surface area contributed by atoms with Crippen LogP contribution < -0.4 is 10.6 Å². The van der Waals surface area contributed by atoms with Crippen LogP contribution in [-0.2, 0) is 0 Å². The highest BCUT2D eigenvalue weighted by molar-refractivity contribution is 7.80. The van der Waals surface area contributed by atoms with E-state index >= 15 is 0 Å². The Balaban J connectivity index is 1.92. The Morgan fingerprint density at radius 2 is 1.90 bits per heavy atom. The predicted octanol–water partition coefficient (Wildman–Crippen LogP) is 4.48. The van der Waals surface area contributed by atoms with Crippen molar-refractivity contribution >= 4 is 46.4 Å². The fourth-order valence-electron chi connectivity index (χ4n) is 1.93. The van der Waals surface area contributed by atoms with Crippen LogP contribution in [0.4, 0.5) is 5.82 Å². The SMILES string of the molecule is CC(CNC(=S)Nc1ccccn1)c1c(Cl)cccc1Cl. The molecule has 0 radical (unpaired) electrons. The smallest absolute Gasteiger partial charge is 0.171 e. The number of hydrogen-bond acceptors (Lipinski definition) is 2. The molecule has 2 N–H and O–H groups in total. The Morgan fingerprint density at radius 1 is 1.19 bits per heavy atom. The first-order valence-corrected chi connectivity index (χ1v) is 7.64. The monoisotopic (exact) mass is 339 g/mol. The second-order valence-electron chi connectivity index (χ2n) is 4.59. The van der Waals surface area contributed by atoms with Crippen LogP contribution in [0.5, 0.6) is 0 Å². The van der Waals surface area contributed by atoms with Crippen LogP contribution in [0, 0.1) is 0 Å². The zero-order chi connectivity index (χ0) is 15.2. The highest BCUT2D eigenvalue weighted by Crippen LogP contribution is 2.30. The average molecular weight is 340 g/mol. The summed E-state index contributed by atoms with van der Waals surface area (Å²) in [4.78, 5) is 4.15. The van der Waals surface area contributed by atoms with E-state index in [-0.39, 0.29) is 5.92 Å². The van der Waals surface area contributed by atoms with Gasteiger partial charge in [-0.15, -0.1) is 0 Å². The van der Waals surface area contributed by atoms with Gasteiger partial charge in [-0.3, -0.25) is 0 Å². The van der Waals surface area contributed by atoms with Gasteiger partial charge in [-0.25, -0.2) is 4.98 Å². The summed E-state index contributed by atoms with van der Waals surface area (Å²) < 4.78 is 0. The van der Waals surface area contributed by atoms with Crippen molar-refractivity contribution in [1.82, 2.24) is 10.3 Å². The lowest BCUT2D eigenvalue weighted by atomic mass is 10.0. The van der Waals surface area contributed by atoms with Gasteiger partial charge in [0.1, 0.15) is 5.82 Å². The number of hydrogen-bond donors (Lipinski definition) is 2. The molecule has 0 aliphatic carbocycles. The van der Waals surface area contributed by atoms with Crippen LogP contribution in [0.2, 0.25) is 10.0 Å². The molecule has 6 heteroatoms. The lowest BCUT2D eigenvalue weighted by molar-refractivity contribution is 0.724. The van der Waals surface area contributed by atoms with Gasteiger partial charge in [-0.05, 0) is 42.0 Å². The van der Waals surface area contributed by atoms with E-state index in [1.54, 1.807) is 6.20 Å². The average Bonchev–Trinajstić information content (AvgIpc) is 2.46. The number of anilines is 1. The van der Waals surface area contributed by atoms with Crippen molar-refractivity contribution in [3.63, 3.8) is 0 Å². The normalized spacial score (nSPS) is 11.8. The van der Waals surface area contributed by atoms with E-state index in [4.69, 9.17) is 35.4 Å². The molecule has 3 nitrogen and oxygen atoms in total. The first-order valence-electron chi connectivity index (χ1n) is 6.47. The molecule has 1 aromatic carbocycles. The van der Waals surface area contributed by atoms with Gasteiger partial charge in [0.15, 0.2) is 5.11 Å². The van der Waals surface area contributed by atoms with Crippen molar-refractivity contribution in [2.45, 2.75) is 12.8 Å². The van der Waals surface area contributed by atoms with E-state index in [9.17, 15) is 0 Å². The number of pyridine rings is 1. The molecule has 2 aromatic rings. The molecule has 1 heterocycles. The van der Waals surface area contributed by atoms with Gasteiger partial charge in [-0.2, -0.15) is 0 Å². The van der Waals surface area contributed by atoms with Crippen molar-refractivity contribution in [2.24, 2.45) is 0 Å². The molecule has 1 aromatic heterocycles. The lowest BCUT2D eigenvalue weighted by Crippen LogP contribution is -2.31. The standard InChI is InChI=1S/C15H15Cl2N3S/c1-10(14-11(16)5-4-6-12(14)17)9-19-15(21)20-13-7-2-3-8-18-13/h2-8,10H,9H2,1H3,(H2,18,19,20,21). The molecule has 0 amide bonds. The topological polar surface area (TPSA) is 37.0 Å². The van der Waals surface area contributed by atoms with Crippen molar-refractivity contribution in [2.75, 3.05) is 11.9 Å². The maximum absolute atomic E-state index is 6.20. The molecule has 0 aliphatic heterocycles. The van der Waals surface area contributed by atoms with Gasteiger partial charge in [-0.1, -0.05) is 42.3 Å². The van der Waals surface area contributed by atoms with Gasteiger partial charge in [0.2, 0.25) is 0 Å². The Bertz CT molecular complexity index is 599. The summed E-state index contributed by atoms with van der Waals surface area (Å²) in [5.41, 5.74) is 0.925. The minimum atomic E-state index is 0.134. The highest BCUT2D eigenvalue weighted by Gasteiger charge is 2.13. The van der Waals surface area contributed by atoms with Gasteiger partial charge in [0, 0.05) is 28.7 Å². The second-order valence-corrected chi connectivity index (χ2v) is 5.81. The molecule has 1 atom stereocenters. The van der Waals surface area contributed by atoms with Crippen LogP contribution in [0.25, 0.3) is 0 Å². The minimum Gasteiger partial charge on any atom is -0.362 e. The third kappa shape index (κ3) is 4.56. The number of rotatable bonds is 4. The van der Waals surface area contributed by atoms with E-state index in [0.29, 0.717) is 27.5 Å². The van der Waals surface area contributed by atoms with E-state index in [0.717, 1.165) is 5.56 Å². The third-order valence-corrected chi connectivity index (χ3v) is 3.87. The Morgan fingerprint density at radius 3 is 2.52 bits per heavy atom. The zero-order valence-corrected chi connectivity index (χ0v) is 13.8. The molecule has 2 rings (SSSR count). The van der Waals surface area contributed by atoms with Crippen molar-refractivity contribution in [3.05, 3.63) is 58.2 Å². The Kier molecular flexibility index (Phi) is 5.79. The third-order valence-electron chi connectivity index (χ3n) is 2.97. The zero-order valence-electron chi connectivity index (χ0n) is 11.4. The first kappa shape index (κ1) is 16.0. The molecule has 0 fully saturated rings. The molecule has 0 saturated carbocycles.